The summed E-state index contributed by atoms with van der Waals surface area (Å²) in [5.41, 5.74) is -1.36. The molecule has 0 aliphatic carbocycles. The number of furan rings is 1. The third kappa shape index (κ3) is 3.39. The molecule has 0 radical (unpaired) electrons. The Labute approximate surface area is 154 Å². The summed E-state index contributed by atoms with van der Waals surface area (Å²) in [6, 6.07) is 4.95. The van der Waals surface area contributed by atoms with Gasteiger partial charge in [0.1, 0.15) is 22.9 Å². The Bertz CT molecular complexity index is 1080. The minimum Gasteiger partial charge on any atom is -0.504 e. The Morgan fingerprint density at radius 3 is 2.52 bits per heavy atom. The highest BCUT2D eigenvalue weighted by Gasteiger charge is 2.24. The Kier molecular flexibility index (Phi) is 4.68. The van der Waals surface area contributed by atoms with Gasteiger partial charge in [0.2, 0.25) is 0 Å². The number of aryl methyl sites for hydroxylation is 1. The molecule has 3 aromatic rings. The van der Waals surface area contributed by atoms with Gasteiger partial charge >= 0.3 is 0 Å². The molecule has 0 fully saturated rings. The first kappa shape index (κ1) is 18.2. The van der Waals surface area contributed by atoms with Gasteiger partial charge in [-0.3, -0.25) is 14.4 Å². The van der Waals surface area contributed by atoms with Crippen LogP contribution >= 0.6 is 0 Å². The van der Waals surface area contributed by atoms with Crippen LogP contribution in [0.3, 0.4) is 0 Å². The molecular weight excluding hydrogens is 352 g/mol. The predicted octanol–water partition coefficient (Wildman–Crippen LogP) is 1.34. The van der Waals surface area contributed by atoms with Gasteiger partial charge in [0.25, 0.3) is 16.8 Å². The first-order valence-electron chi connectivity index (χ1n) is 8.08. The molecule has 0 aliphatic rings. The van der Waals surface area contributed by atoms with Gasteiger partial charge < -0.3 is 25.1 Å². The van der Waals surface area contributed by atoms with Crippen molar-refractivity contribution < 1.29 is 14.3 Å². The zero-order chi connectivity index (χ0) is 19.7. The van der Waals surface area contributed by atoms with Crippen molar-refractivity contribution in [3.63, 3.8) is 0 Å². The van der Waals surface area contributed by atoms with E-state index in [-0.39, 0.29) is 29.3 Å². The van der Waals surface area contributed by atoms with E-state index in [9.17, 15) is 19.5 Å². The molecule has 0 spiro atoms. The number of nitrogens with one attached hydrogen (secondary N) is 2. The van der Waals surface area contributed by atoms with Crippen molar-refractivity contribution >= 4 is 23.0 Å². The Morgan fingerprint density at radius 2 is 1.89 bits per heavy atom. The minimum atomic E-state index is -0.718. The summed E-state index contributed by atoms with van der Waals surface area (Å²) >= 11 is 0. The summed E-state index contributed by atoms with van der Waals surface area (Å²) in [6.45, 7) is 2.02. The number of anilines is 3. The molecule has 140 valence electrons. The number of amides is 1. The number of aromatic nitrogens is 1. The van der Waals surface area contributed by atoms with Crippen LogP contribution in [0, 0.1) is 6.92 Å². The van der Waals surface area contributed by atoms with E-state index in [1.54, 1.807) is 19.1 Å². The van der Waals surface area contributed by atoms with E-state index in [1.807, 2.05) is 0 Å². The van der Waals surface area contributed by atoms with Crippen LogP contribution in [0.25, 0.3) is 0 Å². The van der Waals surface area contributed by atoms with Crippen molar-refractivity contribution in [2.45, 2.75) is 13.5 Å². The highest BCUT2D eigenvalue weighted by molar-refractivity contribution is 5.97. The third-order valence-electron chi connectivity index (χ3n) is 3.94. The molecule has 1 aromatic carbocycles. The second-order valence-electron chi connectivity index (χ2n) is 6.15. The lowest BCUT2D eigenvalue weighted by atomic mass is 10.1. The largest absolute Gasteiger partial charge is 0.504 e. The standard InChI is InChI=1S/C18H18N4O5/c1-9-4-5-10(27-9)8-20-12-13(17(25)16(12)24)21-11-6-7-19-14(15(11)23)18(26)22(2)3/h4-7,20,23H,8H2,1-3H3,(H,19,21). The quantitative estimate of drug-likeness (QED) is 0.555. The van der Waals surface area contributed by atoms with Crippen molar-refractivity contribution in [3.05, 3.63) is 62.1 Å². The van der Waals surface area contributed by atoms with Crippen molar-refractivity contribution in [1.29, 1.82) is 0 Å². The first-order valence-corrected chi connectivity index (χ1v) is 8.08. The predicted molar refractivity (Wildman–Crippen MR) is 99.3 cm³/mol. The maximum atomic E-state index is 12.0. The van der Waals surface area contributed by atoms with Gasteiger partial charge in [-0.05, 0) is 25.1 Å². The molecule has 3 rings (SSSR count). The second-order valence-corrected chi connectivity index (χ2v) is 6.15. The van der Waals surface area contributed by atoms with Gasteiger partial charge in [0.15, 0.2) is 11.4 Å². The van der Waals surface area contributed by atoms with Crippen molar-refractivity contribution in [2.75, 3.05) is 24.7 Å². The lowest BCUT2D eigenvalue weighted by molar-refractivity contribution is 0.0819. The molecule has 9 nitrogen and oxygen atoms in total. The molecule has 0 atom stereocenters. The number of aromatic hydroxyl groups is 1. The van der Waals surface area contributed by atoms with Gasteiger partial charge in [0.05, 0.1) is 12.2 Å². The summed E-state index contributed by atoms with van der Waals surface area (Å²) in [6.07, 6.45) is 1.32. The lowest BCUT2D eigenvalue weighted by Crippen LogP contribution is -2.36. The van der Waals surface area contributed by atoms with E-state index in [1.165, 1.54) is 31.3 Å². The molecule has 0 saturated heterocycles. The topological polar surface area (TPSA) is 125 Å². The number of carbonyl (C=O) groups excluding carboxylic acids is 1. The van der Waals surface area contributed by atoms with Crippen molar-refractivity contribution in [3.8, 4) is 5.75 Å². The lowest BCUT2D eigenvalue weighted by Gasteiger charge is -2.16. The van der Waals surface area contributed by atoms with Crippen molar-refractivity contribution in [1.82, 2.24) is 9.88 Å². The SMILES string of the molecule is Cc1ccc(CNc2c(Nc3ccnc(C(=O)N(C)C)c3O)c(=O)c2=O)o1. The number of hydrogen-bond donors (Lipinski definition) is 3. The van der Waals surface area contributed by atoms with Crippen LogP contribution in [-0.2, 0) is 6.54 Å². The molecule has 27 heavy (non-hydrogen) atoms. The molecule has 0 unspecified atom stereocenters. The maximum absolute atomic E-state index is 12.0. The van der Waals surface area contributed by atoms with Crippen LogP contribution in [-0.4, -0.2) is 35.0 Å². The molecule has 0 aliphatic heterocycles. The Balaban J connectivity index is 1.84. The monoisotopic (exact) mass is 370 g/mol. The number of nitrogens with zero attached hydrogens (tertiary/aromatic N) is 2. The van der Waals surface area contributed by atoms with E-state index < -0.39 is 22.5 Å². The molecule has 3 N–H and O–H groups in total. The molecule has 2 heterocycles. The summed E-state index contributed by atoms with van der Waals surface area (Å²) in [5, 5.41) is 15.9. The molecular formula is C18H18N4O5. The normalized spacial score (nSPS) is 10.8. The number of carbonyl (C=O) groups is 1. The molecule has 0 bridgehead atoms. The van der Waals surface area contributed by atoms with Crippen LogP contribution in [0.15, 0.2) is 38.4 Å². The summed E-state index contributed by atoms with van der Waals surface area (Å²) in [5.74, 6) is 0.441. The second kappa shape index (κ2) is 6.94. The number of hydrogen-bond acceptors (Lipinski definition) is 8. The highest BCUT2D eigenvalue weighted by atomic mass is 16.3. The Morgan fingerprint density at radius 1 is 1.19 bits per heavy atom. The summed E-state index contributed by atoms with van der Waals surface area (Å²) < 4.78 is 5.41. The smallest absolute Gasteiger partial charge is 0.275 e. The van der Waals surface area contributed by atoms with Crippen LogP contribution in [0.1, 0.15) is 22.0 Å². The van der Waals surface area contributed by atoms with Gasteiger partial charge in [-0.1, -0.05) is 0 Å². The van der Waals surface area contributed by atoms with Gasteiger partial charge in [0, 0.05) is 20.3 Å². The number of rotatable bonds is 6. The highest BCUT2D eigenvalue weighted by Crippen LogP contribution is 2.30. The molecule has 9 heteroatoms. The minimum absolute atomic E-state index is 0.00744. The third-order valence-corrected chi connectivity index (χ3v) is 3.94. The molecule has 0 saturated carbocycles. The fourth-order valence-electron chi connectivity index (χ4n) is 2.49. The molecule has 2 aromatic heterocycles. The van der Waals surface area contributed by atoms with Crippen LogP contribution in [0.4, 0.5) is 17.1 Å². The number of pyridine rings is 1. The van der Waals surface area contributed by atoms with E-state index in [4.69, 9.17) is 4.42 Å². The van der Waals surface area contributed by atoms with E-state index in [2.05, 4.69) is 15.6 Å². The fraction of sp³-hybridized carbons (Fsp3) is 0.222. The summed E-state index contributed by atoms with van der Waals surface area (Å²) in [4.78, 5) is 41.0. The van der Waals surface area contributed by atoms with Crippen LogP contribution < -0.4 is 21.5 Å². The van der Waals surface area contributed by atoms with E-state index in [0.717, 1.165) is 5.76 Å². The average molecular weight is 370 g/mol. The van der Waals surface area contributed by atoms with Gasteiger partial charge in [-0.25, -0.2) is 4.98 Å². The maximum Gasteiger partial charge on any atom is 0.275 e. The average Bonchev–Trinajstić information content (AvgIpc) is 3.06. The van der Waals surface area contributed by atoms with Gasteiger partial charge in [-0.15, -0.1) is 0 Å². The summed E-state index contributed by atoms with van der Waals surface area (Å²) in [7, 11) is 3.05. The fourth-order valence-corrected chi connectivity index (χ4v) is 2.49. The van der Waals surface area contributed by atoms with E-state index in [0.29, 0.717) is 5.76 Å². The van der Waals surface area contributed by atoms with Crippen LogP contribution in [0.5, 0.6) is 5.75 Å². The van der Waals surface area contributed by atoms with Crippen LogP contribution in [0.2, 0.25) is 0 Å². The first-order chi connectivity index (χ1) is 12.8. The van der Waals surface area contributed by atoms with Gasteiger partial charge in [-0.2, -0.15) is 0 Å². The zero-order valence-corrected chi connectivity index (χ0v) is 15.0. The zero-order valence-electron chi connectivity index (χ0n) is 15.0. The molecule has 1 amide bonds. The van der Waals surface area contributed by atoms with Crippen molar-refractivity contribution in [2.24, 2.45) is 0 Å². The Hall–Kier alpha value is -3.62. The van der Waals surface area contributed by atoms with E-state index >= 15 is 0 Å².